The van der Waals surface area contributed by atoms with Gasteiger partial charge in [0.15, 0.2) is 0 Å². The standard InChI is InChI=1S/C22H23FN4OS/c1-16(18-5-3-7-24-14-18)26-8-10-27(11-9-26)21(28)13-20-15-29-22(25-20)17-4-2-6-19(23)12-17/h2-7,12,14-16H,8-11,13H2,1H3. The zero-order valence-electron chi connectivity index (χ0n) is 16.3. The Kier molecular flexibility index (Phi) is 5.97. The number of rotatable bonds is 5. The highest BCUT2D eigenvalue weighted by Crippen LogP contribution is 2.25. The van der Waals surface area contributed by atoms with Gasteiger partial charge in [0.1, 0.15) is 10.8 Å². The summed E-state index contributed by atoms with van der Waals surface area (Å²) < 4.78 is 13.4. The van der Waals surface area contributed by atoms with Crippen molar-refractivity contribution in [3.63, 3.8) is 0 Å². The maximum absolute atomic E-state index is 13.4. The molecule has 1 unspecified atom stereocenters. The number of aromatic nitrogens is 2. The van der Waals surface area contributed by atoms with Gasteiger partial charge in [0, 0.05) is 55.6 Å². The van der Waals surface area contributed by atoms with Gasteiger partial charge >= 0.3 is 0 Å². The smallest absolute Gasteiger partial charge is 0.228 e. The Morgan fingerprint density at radius 3 is 2.76 bits per heavy atom. The van der Waals surface area contributed by atoms with Crippen LogP contribution < -0.4 is 0 Å². The fourth-order valence-corrected chi connectivity index (χ4v) is 4.42. The van der Waals surface area contributed by atoms with E-state index in [0.29, 0.717) is 13.1 Å². The van der Waals surface area contributed by atoms with Crippen molar-refractivity contribution in [2.75, 3.05) is 26.2 Å². The monoisotopic (exact) mass is 410 g/mol. The van der Waals surface area contributed by atoms with Crippen LogP contribution in [0.2, 0.25) is 0 Å². The molecule has 1 atom stereocenters. The molecule has 1 fully saturated rings. The maximum Gasteiger partial charge on any atom is 0.228 e. The van der Waals surface area contributed by atoms with Crippen molar-refractivity contribution in [1.29, 1.82) is 0 Å². The van der Waals surface area contributed by atoms with Crippen molar-refractivity contribution in [2.24, 2.45) is 0 Å². The van der Waals surface area contributed by atoms with Gasteiger partial charge in [-0.15, -0.1) is 11.3 Å². The van der Waals surface area contributed by atoms with E-state index in [1.54, 1.807) is 12.3 Å². The van der Waals surface area contributed by atoms with Crippen LogP contribution in [0.4, 0.5) is 4.39 Å². The fourth-order valence-electron chi connectivity index (χ4n) is 3.60. The average molecular weight is 411 g/mol. The third kappa shape index (κ3) is 4.68. The van der Waals surface area contributed by atoms with E-state index in [9.17, 15) is 9.18 Å². The van der Waals surface area contributed by atoms with Crippen molar-refractivity contribution in [1.82, 2.24) is 19.8 Å². The van der Waals surface area contributed by atoms with E-state index in [1.165, 1.54) is 29.0 Å². The Bertz CT molecular complexity index is 970. The van der Waals surface area contributed by atoms with Crippen molar-refractivity contribution < 1.29 is 9.18 Å². The molecular weight excluding hydrogens is 387 g/mol. The van der Waals surface area contributed by atoms with Gasteiger partial charge < -0.3 is 4.90 Å². The molecule has 0 N–H and O–H groups in total. The lowest BCUT2D eigenvalue weighted by molar-refractivity contribution is -0.132. The minimum Gasteiger partial charge on any atom is -0.340 e. The molecule has 0 radical (unpaired) electrons. The van der Waals surface area contributed by atoms with Crippen LogP contribution >= 0.6 is 11.3 Å². The normalized spacial score (nSPS) is 16.0. The molecule has 0 saturated carbocycles. The first-order valence-electron chi connectivity index (χ1n) is 9.72. The average Bonchev–Trinajstić information content (AvgIpc) is 3.22. The van der Waals surface area contributed by atoms with E-state index in [2.05, 4.69) is 27.9 Å². The number of amides is 1. The van der Waals surface area contributed by atoms with Gasteiger partial charge in [0.05, 0.1) is 12.1 Å². The highest BCUT2D eigenvalue weighted by molar-refractivity contribution is 7.13. The molecule has 1 aromatic carbocycles. The molecule has 1 saturated heterocycles. The van der Waals surface area contributed by atoms with Crippen molar-refractivity contribution in [3.8, 4) is 10.6 Å². The van der Waals surface area contributed by atoms with Gasteiger partial charge in [-0.05, 0) is 30.7 Å². The second-order valence-electron chi connectivity index (χ2n) is 7.21. The summed E-state index contributed by atoms with van der Waals surface area (Å²) >= 11 is 1.44. The molecule has 5 nitrogen and oxygen atoms in total. The summed E-state index contributed by atoms with van der Waals surface area (Å²) in [5, 5.41) is 2.63. The van der Waals surface area contributed by atoms with Crippen LogP contribution in [0, 0.1) is 5.82 Å². The predicted molar refractivity (Wildman–Crippen MR) is 112 cm³/mol. The van der Waals surface area contributed by atoms with Gasteiger partial charge in [-0.1, -0.05) is 18.2 Å². The van der Waals surface area contributed by atoms with Crippen LogP contribution in [-0.2, 0) is 11.2 Å². The number of thiazole rings is 1. The predicted octanol–water partition coefficient (Wildman–Crippen LogP) is 3.79. The summed E-state index contributed by atoms with van der Waals surface area (Å²) in [6.07, 6.45) is 3.97. The number of halogens is 1. The molecule has 4 rings (SSSR count). The molecule has 2 aromatic heterocycles. The SMILES string of the molecule is CC(c1cccnc1)N1CCN(C(=O)Cc2csc(-c3cccc(F)c3)n2)CC1. The first kappa shape index (κ1) is 19.7. The minimum absolute atomic E-state index is 0.0924. The zero-order valence-corrected chi connectivity index (χ0v) is 17.1. The van der Waals surface area contributed by atoms with E-state index in [1.807, 2.05) is 28.6 Å². The minimum atomic E-state index is -0.284. The lowest BCUT2D eigenvalue weighted by atomic mass is 10.1. The summed E-state index contributed by atoms with van der Waals surface area (Å²) in [5.41, 5.74) is 2.68. The number of piperazine rings is 1. The lowest BCUT2D eigenvalue weighted by Crippen LogP contribution is -2.49. The lowest BCUT2D eigenvalue weighted by Gasteiger charge is -2.38. The second kappa shape index (κ2) is 8.80. The number of hydrogen-bond acceptors (Lipinski definition) is 5. The Balaban J connectivity index is 1.32. The van der Waals surface area contributed by atoms with Crippen LogP contribution in [0.3, 0.4) is 0 Å². The number of pyridine rings is 1. The van der Waals surface area contributed by atoms with Crippen LogP contribution in [0.15, 0.2) is 54.2 Å². The topological polar surface area (TPSA) is 49.3 Å². The Hall–Kier alpha value is -2.64. The van der Waals surface area contributed by atoms with E-state index < -0.39 is 0 Å². The molecule has 3 aromatic rings. The highest BCUT2D eigenvalue weighted by atomic mass is 32.1. The summed E-state index contributed by atoms with van der Waals surface area (Å²) in [4.78, 5) is 25.7. The van der Waals surface area contributed by atoms with Gasteiger partial charge in [-0.3, -0.25) is 14.7 Å². The summed E-state index contributed by atoms with van der Waals surface area (Å²) in [5.74, 6) is -0.191. The zero-order chi connectivity index (χ0) is 20.2. The van der Waals surface area contributed by atoms with Crippen LogP contribution in [0.1, 0.15) is 24.2 Å². The first-order chi connectivity index (χ1) is 14.1. The van der Waals surface area contributed by atoms with Gasteiger partial charge in [-0.2, -0.15) is 0 Å². The molecule has 3 heterocycles. The number of benzene rings is 1. The molecule has 7 heteroatoms. The number of nitrogens with zero attached hydrogens (tertiary/aromatic N) is 4. The third-order valence-corrected chi connectivity index (χ3v) is 6.28. The van der Waals surface area contributed by atoms with E-state index in [4.69, 9.17) is 0 Å². The highest BCUT2D eigenvalue weighted by Gasteiger charge is 2.25. The first-order valence-corrected chi connectivity index (χ1v) is 10.6. The Morgan fingerprint density at radius 1 is 1.21 bits per heavy atom. The van der Waals surface area contributed by atoms with Crippen molar-refractivity contribution in [2.45, 2.75) is 19.4 Å². The molecule has 29 heavy (non-hydrogen) atoms. The van der Waals surface area contributed by atoms with Crippen LogP contribution in [0.5, 0.6) is 0 Å². The van der Waals surface area contributed by atoms with Crippen molar-refractivity contribution in [3.05, 3.63) is 71.2 Å². The molecule has 1 aliphatic heterocycles. The van der Waals surface area contributed by atoms with Crippen molar-refractivity contribution >= 4 is 17.2 Å². The Morgan fingerprint density at radius 2 is 2.03 bits per heavy atom. The second-order valence-corrected chi connectivity index (χ2v) is 8.07. The largest absolute Gasteiger partial charge is 0.340 e. The maximum atomic E-state index is 13.4. The van der Waals surface area contributed by atoms with Gasteiger partial charge in [0.25, 0.3) is 0 Å². The third-order valence-electron chi connectivity index (χ3n) is 5.34. The van der Waals surface area contributed by atoms with Gasteiger partial charge in [-0.25, -0.2) is 9.37 Å². The molecule has 1 amide bonds. The molecule has 0 bridgehead atoms. The van der Waals surface area contributed by atoms with E-state index in [0.717, 1.165) is 29.4 Å². The number of hydrogen-bond donors (Lipinski definition) is 0. The quantitative estimate of drug-likeness (QED) is 0.642. The van der Waals surface area contributed by atoms with Crippen LogP contribution in [0.25, 0.3) is 10.6 Å². The van der Waals surface area contributed by atoms with Crippen LogP contribution in [-0.4, -0.2) is 51.9 Å². The van der Waals surface area contributed by atoms with E-state index >= 15 is 0 Å². The summed E-state index contributed by atoms with van der Waals surface area (Å²) in [6.45, 7) is 5.28. The molecule has 1 aliphatic rings. The molecular formula is C22H23FN4OS. The summed E-state index contributed by atoms with van der Waals surface area (Å²) in [7, 11) is 0. The van der Waals surface area contributed by atoms with E-state index in [-0.39, 0.29) is 24.2 Å². The number of carbonyl (C=O) groups is 1. The Labute approximate surface area is 173 Å². The van der Waals surface area contributed by atoms with Gasteiger partial charge in [0.2, 0.25) is 5.91 Å². The molecule has 0 aliphatic carbocycles. The summed E-state index contributed by atoms with van der Waals surface area (Å²) in [6, 6.07) is 10.7. The molecule has 150 valence electrons. The molecule has 0 spiro atoms. The fraction of sp³-hybridized carbons (Fsp3) is 0.318. The number of carbonyl (C=O) groups excluding carboxylic acids is 1.